The molecule has 19 heavy (non-hydrogen) atoms. The van der Waals surface area contributed by atoms with Crippen molar-refractivity contribution in [2.45, 2.75) is 44.3 Å². The number of carboxylic acid groups (broad SMARTS) is 1. The number of halogens is 3. The molecule has 1 aliphatic carbocycles. The van der Waals surface area contributed by atoms with Crippen LogP contribution in [0.15, 0.2) is 0 Å². The van der Waals surface area contributed by atoms with Gasteiger partial charge in [0.1, 0.15) is 0 Å². The van der Waals surface area contributed by atoms with Gasteiger partial charge in [0.05, 0.1) is 0 Å². The van der Waals surface area contributed by atoms with Crippen LogP contribution in [-0.4, -0.2) is 53.9 Å². The van der Waals surface area contributed by atoms with E-state index in [2.05, 4.69) is 17.1 Å². The summed E-state index contributed by atoms with van der Waals surface area (Å²) < 4.78 is 31.7. The molecule has 4 nitrogen and oxygen atoms in total. The molecule has 2 rings (SSSR count). The number of piperazine rings is 1. The Labute approximate surface area is 111 Å². The minimum Gasteiger partial charge on any atom is -0.475 e. The van der Waals surface area contributed by atoms with Crippen molar-refractivity contribution in [1.82, 2.24) is 10.2 Å². The molecular formula is C12H21F3N2O2. The smallest absolute Gasteiger partial charge is 0.475 e. The Morgan fingerprint density at radius 3 is 2.05 bits per heavy atom. The Morgan fingerprint density at radius 1 is 1.32 bits per heavy atom. The normalized spacial score (nSPS) is 22.9. The molecule has 0 spiro atoms. The van der Waals surface area contributed by atoms with Crippen LogP contribution >= 0.6 is 0 Å². The van der Waals surface area contributed by atoms with Crippen LogP contribution < -0.4 is 5.32 Å². The summed E-state index contributed by atoms with van der Waals surface area (Å²) in [6.45, 7) is 7.28. The van der Waals surface area contributed by atoms with Crippen LogP contribution in [0.3, 0.4) is 0 Å². The van der Waals surface area contributed by atoms with Crippen molar-refractivity contribution >= 4 is 5.97 Å². The Kier molecular flexibility index (Phi) is 5.61. The van der Waals surface area contributed by atoms with E-state index in [0.717, 1.165) is 0 Å². The van der Waals surface area contributed by atoms with E-state index in [-0.39, 0.29) is 0 Å². The van der Waals surface area contributed by atoms with Gasteiger partial charge in [0.25, 0.3) is 0 Å². The van der Waals surface area contributed by atoms with E-state index in [4.69, 9.17) is 9.90 Å². The molecule has 0 radical (unpaired) electrons. The molecule has 2 N–H and O–H groups in total. The highest BCUT2D eigenvalue weighted by molar-refractivity contribution is 5.73. The molecule has 1 saturated carbocycles. The van der Waals surface area contributed by atoms with Crippen molar-refractivity contribution in [3.05, 3.63) is 0 Å². The van der Waals surface area contributed by atoms with Crippen molar-refractivity contribution in [3.8, 4) is 0 Å². The van der Waals surface area contributed by atoms with E-state index >= 15 is 0 Å². The fourth-order valence-electron chi connectivity index (χ4n) is 2.62. The van der Waals surface area contributed by atoms with Gasteiger partial charge in [-0.1, -0.05) is 6.92 Å². The van der Waals surface area contributed by atoms with E-state index in [9.17, 15) is 13.2 Å². The number of alkyl halides is 3. The number of rotatable bonds is 2. The molecule has 2 aliphatic rings. The number of carboxylic acids is 1. The zero-order chi connectivity index (χ0) is 14.5. The first-order valence-electron chi connectivity index (χ1n) is 6.58. The monoisotopic (exact) mass is 282 g/mol. The lowest BCUT2D eigenvalue weighted by atomic mass is 9.73. The molecule has 0 bridgehead atoms. The lowest BCUT2D eigenvalue weighted by Crippen LogP contribution is -2.59. The molecule has 0 atom stereocenters. The molecule has 7 heteroatoms. The zero-order valence-corrected chi connectivity index (χ0v) is 11.1. The third-order valence-corrected chi connectivity index (χ3v) is 3.97. The first-order chi connectivity index (χ1) is 8.82. The predicted molar refractivity (Wildman–Crippen MR) is 65.0 cm³/mol. The van der Waals surface area contributed by atoms with Crippen LogP contribution in [0.4, 0.5) is 13.2 Å². The van der Waals surface area contributed by atoms with E-state index in [1.54, 1.807) is 0 Å². The molecule has 0 aromatic carbocycles. The quantitative estimate of drug-likeness (QED) is 0.811. The summed E-state index contributed by atoms with van der Waals surface area (Å²) in [6, 6.07) is 0. The van der Waals surface area contributed by atoms with E-state index in [1.165, 1.54) is 51.9 Å². The third-order valence-electron chi connectivity index (χ3n) is 3.97. The largest absolute Gasteiger partial charge is 0.490 e. The minimum atomic E-state index is -5.08. The van der Waals surface area contributed by atoms with Crippen molar-refractivity contribution < 1.29 is 23.1 Å². The highest BCUT2D eigenvalue weighted by Crippen LogP contribution is 2.40. The Balaban J connectivity index is 0.000000224. The number of hydrogen-bond donors (Lipinski definition) is 2. The van der Waals surface area contributed by atoms with Crippen LogP contribution in [-0.2, 0) is 4.79 Å². The fourth-order valence-corrected chi connectivity index (χ4v) is 2.62. The minimum absolute atomic E-state index is 0.627. The second kappa shape index (κ2) is 6.56. The molecule has 0 amide bonds. The predicted octanol–water partition coefficient (Wildman–Crippen LogP) is 1.86. The lowest BCUT2D eigenvalue weighted by molar-refractivity contribution is -0.192. The highest BCUT2D eigenvalue weighted by atomic mass is 19.4. The number of carbonyl (C=O) groups is 1. The molecule has 2 fully saturated rings. The van der Waals surface area contributed by atoms with Crippen molar-refractivity contribution in [1.29, 1.82) is 0 Å². The van der Waals surface area contributed by atoms with Crippen molar-refractivity contribution in [3.63, 3.8) is 0 Å². The fraction of sp³-hybridized carbons (Fsp3) is 0.917. The average Bonchev–Trinajstić information content (AvgIpc) is 2.29. The summed E-state index contributed by atoms with van der Waals surface area (Å²) in [4.78, 5) is 11.6. The molecule has 0 aromatic heterocycles. The van der Waals surface area contributed by atoms with Crippen molar-refractivity contribution in [2.24, 2.45) is 0 Å². The summed E-state index contributed by atoms with van der Waals surface area (Å²) in [5.74, 6) is -2.76. The third kappa shape index (κ3) is 4.35. The molecule has 112 valence electrons. The van der Waals surface area contributed by atoms with Gasteiger partial charge in [-0.3, -0.25) is 4.90 Å². The summed E-state index contributed by atoms with van der Waals surface area (Å²) in [5, 5.41) is 10.5. The van der Waals surface area contributed by atoms with Crippen molar-refractivity contribution in [2.75, 3.05) is 26.2 Å². The highest BCUT2D eigenvalue weighted by Gasteiger charge is 2.40. The van der Waals surface area contributed by atoms with Gasteiger partial charge >= 0.3 is 12.1 Å². The van der Waals surface area contributed by atoms with Gasteiger partial charge in [0.15, 0.2) is 0 Å². The summed E-state index contributed by atoms with van der Waals surface area (Å²) in [5.41, 5.74) is 0.627. The Bertz CT molecular complexity index is 292. The summed E-state index contributed by atoms with van der Waals surface area (Å²) >= 11 is 0. The van der Waals surface area contributed by atoms with E-state index in [0.29, 0.717) is 5.54 Å². The van der Waals surface area contributed by atoms with E-state index in [1.807, 2.05) is 0 Å². The van der Waals surface area contributed by atoms with Crippen LogP contribution in [0.25, 0.3) is 0 Å². The van der Waals surface area contributed by atoms with Gasteiger partial charge in [-0.25, -0.2) is 4.79 Å². The number of hydrogen-bond acceptors (Lipinski definition) is 3. The van der Waals surface area contributed by atoms with Crippen LogP contribution in [0.2, 0.25) is 0 Å². The first-order valence-corrected chi connectivity index (χ1v) is 6.58. The average molecular weight is 282 g/mol. The number of nitrogens with one attached hydrogen (secondary N) is 1. The Hall–Kier alpha value is -0.820. The number of nitrogens with zero attached hydrogens (tertiary/aromatic N) is 1. The second-order valence-electron chi connectivity index (χ2n) is 4.97. The molecule has 0 aromatic rings. The van der Waals surface area contributed by atoms with Gasteiger partial charge in [-0.15, -0.1) is 0 Å². The standard InChI is InChI=1S/C10H20N2.C2HF3O2/c1-2-10(4-3-5-10)12-8-6-11-7-9-12;3-2(4,5)1(6)7/h11H,2-9H2,1H3;(H,6,7). The molecule has 0 unspecified atom stereocenters. The van der Waals surface area contributed by atoms with Crippen LogP contribution in [0.5, 0.6) is 0 Å². The first kappa shape index (κ1) is 16.2. The van der Waals surface area contributed by atoms with Gasteiger partial charge in [0.2, 0.25) is 0 Å². The zero-order valence-electron chi connectivity index (χ0n) is 11.1. The summed E-state index contributed by atoms with van der Waals surface area (Å²) in [7, 11) is 0. The molecule has 1 aliphatic heterocycles. The van der Waals surface area contributed by atoms with E-state index < -0.39 is 12.1 Å². The maximum Gasteiger partial charge on any atom is 0.490 e. The Morgan fingerprint density at radius 2 is 1.79 bits per heavy atom. The second-order valence-corrected chi connectivity index (χ2v) is 4.97. The molecule has 1 saturated heterocycles. The van der Waals surface area contributed by atoms with Gasteiger partial charge in [-0.2, -0.15) is 13.2 Å². The van der Waals surface area contributed by atoms with Gasteiger partial charge < -0.3 is 10.4 Å². The van der Waals surface area contributed by atoms with Crippen LogP contribution in [0.1, 0.15) is 32.6 Å². The molecular weight excluding hydrogens is 261 g/mol. The maximum absolute atomic E-state index is 10.6. The molecule has 1 heterocycles. The topological polar surface area (TPSA) is 52.6 Å². The number of aliphatic carboxylic acids is 1. The van der Waals surface area contributed by atoms with Gasteiger partial charge in [0, 0.05) is 31.7 Å². The lowest BCUT2D eigenvalue weighted by Gasteiger charge is -2.51. The van der Waals surface area contributed by atoms with Crippen LogP contribution in [0, 0.1) is 0 Å². The van der Waals surface area contributed by atoms with Gasteiger partial charge in [-0.05, 0) is 25.7 Å². The summed E-state index contributed by atoms with van der Waals surface area (Å²) in [6.07, 6.45) is 0.623. The maximum atomic E-state index is 10.6. The SMILES string of the molecule is CCC1(N2CCNCC2)CCC1.O=C(O)C(F)(F)F.